The second-order valence-electron chi connectivity index (χ2n) is 9.10. The number of hydrogen-bond acceptors (Lipinski definition) is 6. The third-order valence-electron chi connectivity index (χ3n) is 5.44. The predicted octanol–water partition coefficient (Wildman–Crippen LogP) is 3.23. The van der Waals surface area contributed by atoms with E-state index >= 15 is 0 Å². The number of benzene rings is 1. The SMILES string of the molecule is CC(C)(C)OC(=O)CC[C@@H]1O[C@H](COCc2ccccc2)C[C@@H](O)[C@@]1(C)CCO. The van der Waals surface area contributed by atoms with Crippen LogP contribution in [-0.4, -0.2) is 53.3 Å². The van der Waals surface area contributed by atoms with Crippen LogP contribution in [0.25, 0.3) is 0 Å². The highest BCUT2D eigenvalue weighted by Crippen LogP contribution is 2.41. The maximum absolute atomic E-state index is 12.1. The normalized spacial score (nSPS) is 27.6. The average Bonchev–Trinajstić information content (AvgIpc) is 2.63. The van der Waals surface area contributed by atoms with Gasteiger partial charge in [0.05, 0.1) is 31.5 Å². The number of carbonyl (C=O) groups excluding carboxylic acids is 1. The van der Waals surface area contributed by atoms with E-state index in [1.54, 1.807) is 0 Å². The molecule has 1 saturated heterocycles. The third-order valence-corrected chi connectivity index (χ3v) is 5.44. The van der Waals surface area contributed by atoms with E-state index in [9.17, 15) is 15.0 Å². The zero-order valence-electron chi connectivity index (χ0n) is 18.1. The van der Waals surface area contributed by atoms with Crippen LogP contribution in [0.1, 0.15) is 58.9 Å². The van der Waals surface area contributed by atoms with Gasteiger partial charge in [-0.3, -0.25) is 4.79 Å². The highest BCUT2D eigenvalue weighted by molar-refractivity contribution is 5.69. The summed E-state index contributed by atoms with van der Waals surface area (Å²) in [5.74, 6) is -0.288. The van der Waals surface area contributed by atoms with Crippen molar-refractivity contribution in [1.82, 2.24) is 0 Å². The summed E-state index contributed by atoms with van der Waals surface area (Å²) in [5, 5.41) is 20.3. The van der Waals surface area contributed by atoms with Crippen LogP contribution in [0, 0.1) is 5.41 Å². The molecular weight excluding hydrogens is 372 g/mol. The van der Waals surface area contributed by atoms with E-state index in [1.165, 1.54) is 0 Å². The highest BCUT2D eigenvalue weighted by Gasteiger charge is 2.47. The highest BCUT2D eigenvalue weighted by atomic mass is 16.6. The Kier molecular flexibility index (Phi) is 8.64. The van der Waals surface area contributed by atoms with E-state index in [1.807, 2.05) is 58.0 Å². The van der Waals surface area contributed by atoms with E-state index in [0.29, 0.717) is 32.5 Å². The molecule has 1 aromatic carbocycles. The van der Waals surface area contributed by atoms with Crippen molar-refractivity contribution in [2.24, 2.45) is 5.41 Å². The molecule has 0 amide bonds. The molecule has 1 aromatic rings. The molecule has 0 bridgehead atoms. The van der Waals surface area contributed by atoms with Crippen LogP contribution in [0.2, 0.25) is 0 Å². The molecular formula is C23H36O6. The summed E-state index contributed by atoms with van der Waals surface area (Å²) in [5.41, 5.74) is -0.0747. The Morgan fingerprint density at radius 1 is 1.28 bits per heavy atom. The first kappa shape index (κ1) is 23.8. The number of rotatable bonds is 9. The molecule has 1 aliphatic heterocycles. The molecule has 2 N–H and O–H groups in total. The molecule has 0 radical (unpaired) electrons. The van der Waals surface area contributed by atoms with Gasteiger partial charge in [0, 0.05) is 24.9 Å². The zero-order chi connectivity index (χ0) is 21.5. The van der Waals surface area contributed by atoms with E-state index in [0.717, 1.165) is 5.56 Å². The summed E-state index contributed by atoms with van der Waals surface area (Å²) in [6, 6.07) is 9.89. The lowest BCUT2D eigenvalue weighted by atomic mass is 9.71. The van der Waals surface area contributed by atoms with E-state index in [2.05, 4.69) is 0 Å². The van der Waals surface area contributed by atoms with Crippen molar-refractivity contribution in [2.75, 3.05) is 13.2 Å². The summed E-state index contributed by atoms with van der Waals surface area (Å²) in [6.45, 7) is 8.21. The van der Waals surface area contributed by atoms with Gasteiger partial charge in [0.25, 0.3) is 0 Å². The summed E-state index contributed by atoms with van der Waals surface area (Å²) in [4.78, 5) is 12.1. The lowest BCUT2D eigenvalue weighted by Gasteiger charge is -2.47. The van der Waals surface area contributed by atoms with Crippen LogP contribution in [0.4, 0.5) is 0 Å². The Morgan fingerprint density at radius 2 is 1.97 bits per heavy atom. The van der Waals surface area contributed by atoms with Gasteiger partial charge in [0.2, 0.25) is 0 Å². The fourth-order valence-electron chi connectivity index (χ4n) is 3.77. The molecule has 0 unspecified atom stereocenters. The van der Waals surface area contributed by atoms with Gasteiger partial charge in [-0.05, 0) is 39.2 Å². The first-order valence-corrected chi connectivity index (χ1v) is 10.4. The van der Waals surface area contributed by atoms with Crippen molar-refractivity contribution in [3.05, 3.63) is 35.9 Å². The Hall–Kier alpha value is -1.47. The fraction of sp³-hybridized carbons (Fsp3) is 0.696. The third kappa shape index (κ3) is 7.37. The maximum Gasteiger partial charge on any atom is 0.306 e. The van der Waals surface area contributed by atoms with Crippen molar-refractivity contribution in [2.45, 2.75) is 83.9 Å². The second kappa shape index (κ2) is 10.5. The molecule has 0 spiro atoms. The number of esters is 1. The summed E-state index contributed by atoms with van der Waals surface area (Å²) in [7, 11) is 0. The zero-order valence-corrected chi connectivity index (χ0v) is 18.1. The van der Waals surface area contributed by atoms with Crippen molar-refractivity contribution in [3.8, 4) is 0 Å². The average molecular weight is 409 g/mol. The minimum absolute atomic E-state index is 0.0466. The fourth-order valence-corrected chi connectivity index (χ4v) is 3.77. The molecule has 164 valence electrons. The van der Waals surface area contributed by atoms with Crippen LogP contribution in [-0.2, 0) is 25.6 Å². The summed E-state index contributed by atoms with van der Waals surface area (Å²) < 4.78 is 17.4. The number of aliphatic hydroxyl groups excluding tert-OH is 2. The molecule has 29 heavy (non-hydrogen) atoms. The van der Waals surface area contributed by atoms with Gasteiger partial charge in [0.15, 0.2) is 0 Å². The van der Waals surface area contributed by atoms with Crippen LogP contribution in [0.5, 0.6) is 0 Å². The maximum atomic E-state index is 12.1. The first-order valence-electron chi connectivity index (χ1n) is 10.4. The smallest absolute Gasteiger partial charge is 0.306 e. The minimum Gasteiger partial charge on any atom is -0.460 e. The number of ether oxygens (including phenoxy) is 3. The predicted molar refractivity (Wildman–Crippen MR) is 110 cm³/mol. The van der Waals surface area contributed by atoms with Gasteiger partial charge in [-0.2, -0.15) is 0 Å². The molecule has 0 aromatic heterocycles. The Balaban J connectivity index is 1.95. The topological polar surface area (TPSA) is 85.2 Å². The Labute approximate surface area is 174 Å². The first-order chi connectivity index (χ1) is 13.6. The van der Waals surface area contributed by atoms with Crippen molar-refractivity contribution in [3.63, 3.8) is 0 Å². The van der Waals surface area contributed by atoms with E-state index in [4.69, 9.17) is 14.2 Å². The van der Waals surface area contributed by atoms with Gasteiger partial charge >= 0.3 is 5.97 Å². The molecule has 1 heterocycles. The lowest BCUT2D eigenvalue weighted by Crippen LogP contribution is -2.53. The molecule has 6 nitrogen and oxygen atoms in total. The number of carbonyl (C=O) groups is 1. The molecule has 0 saturated carbocycles. The van der Waals surface area contributed by atoms with Crippen LogP contribution < -0.4 is 0 Å². The minimum atomic E-state index is -0.641. The van der Waals surface area contributed by atoms with Crippen molar-refractivity contribution >= 4 is 5.97 Å². The molecule has 4 atom stereocenters. The second-order valence-corrected chi connectivity index (χ2v) is 9.10. The quantitative estimate of drug-likeness (QED) is 0.610. The Morgan fingerprint density at radius 3 is 2.59 bits per heavy atom. The van der Waals surface area contributed by atoms with Gasteiger partial charge in [-0.25, -0.2) is 0 Å². The molecule has 1 aliphatic rings. The molecule has 2 rings (SSSR count). The molecule has 0 aliphatic carbocycles. The van der Waals surface area contributed by atoms with Crippen LogP contribution >= 0.6 is 0 Å². The number of hydrogen-bond donors (Lipinski definition) is 2. The lowest BCUT2D eigenvalue weighted by molar-refractivity contribution is -0.202. The standard InChI is InChI=1S/C23H36O6/c1-22(2,3)29-21(26)11-10-20-23(4,12-13-24)19(25)14-18(28-20)16-27-15-17-8-6-5-7-9-17/h5-9,18-20,24-25H,10-16H2,1-4H3/t18-,19+,20-,23+/m0/s1. The summed E-state index contributed by atoms with van der Waals surface area (Å²) in [6.07, 6.45) is 0.210. The van der Waals surface area contributed by atoms with Gasteiger partial charge in [-0.15, -0.1) is 0 Å². The molecule has 6 heteroatoms. The van der Waals surface area contributed by atoms with Crippen LogP contribution in [0.15, 0.2) is 30.3 Å². The van der Waals surface area contributed by atoms with E-state index in [-0.39, 0.29) is 31.2 Å². The van der Waals surface area contributed by atoms with Gasteiger partial charge in [-0.1, -0.05) is 37.3 Å². The summed E-state index contributed by atoms with van der Waals surface area (Å²) >= 11 is 0. The monoisotopic (exact) mass is 408 g/mol. The largest absolute Gasteiger partial charge is 0.460 e. The van der Waals surface area contributed by atoms with Crippen LogP contribution in [0.3, 0.4) is 0 Å². The van der Waals surface area contributed by atoms with Crippen molar-refractivity contribution in [1.29, 1.82) is 0 Å². The van der Waals surface area contributed by atoms with Crippen molar-refractivity contribution < 1.29 is 29.2 Å². The Bertz CT molecular complexity index is 626. The number of aliphatic hydroxyl groups is 2. The van der Waals surface area contributed by atoms with E-state index < -0.39 is 17.1 Å². The molecule has 1 fully saturated rings. The van der Waals surface area contributed by atoms with Gasteiger partial charge in [0.1, 0.15) is 5.60 Å². The van der Waals surface area contributed by atoms with Gasteiger partial charge < -0.3 is 24.4 Å².